The van der Waals surface area contributed by atoms with Crippen LogP contribution in [-0.2, 0) is 25.0 Å². The maximum Gasteiger partial charge on any atom is 0.469 e. The highest BCUT2D eigenvalue weighted by Crippen LogP contribution is 2.37. The number of nitrogens with one attached hydrogen (secondary N) is 2. The highest BCUT2D eigenvalue weighted by Gasteiger charge is 2.36. The van der Waals surface area contributed by atoms with Crippen molar-refractivity contribution in [2.24, 2.45) is 11.8 Å². The number of carbonyl (C=O) groups excluding carboxylic acids is 2. The Bertz CT molecular complexity index is 1390. The molecule has 0 saturated heterocycles. The quantitative estimate of drug-likeness (QED) is 0.107. The van der Waals surface area contributed by atoms with Crippen molar-refractivity contribution in [3.8, 4) is 5.75 Å². The molecule has 4 rings (SSSR count). The lowest BCUT2D eigenvalue weighted by atomic mass is 9.77. The van der Waals surface area contributed by atoms with Crippen molar-refractivity contribution >= 4 is 19.8 Å². The molecule has 1 unspecified atom stereocenters. The minimum absolute atomic E-state index is 0.0606. The van der Waals surface area contributed by atoms with E-state index in [1.807, 2.05) is 24.3 Å². The number of fused-ring (bicyclic) bond motifs is 1. The third-order valence-corrected chi connectivity index (χ3v) is 9.51. The lowest BCUT2D eigenvalue weighted by Gasteiger charge is -2.36. The molecule has 0 radical (unpaired) electrons. The zero-order valence-electron chi connectivity index (χ0n) is 28.0. The molecule has 13 heteroatoms. The van der Waals surface area contributed by atoms with Crippen molar-refractivity contribution in [3.05, 3.63) is 65.2 Å². The third-order valence-electron chi connectivity index (χ3n) is 8.99. The van der Waals surface area contributed by atoms with Crippen LogP contribution in [0, 0.1) is 11.8 Å². The van der Waals surface area contributed by atoms with Gasteiger partial charge in [-0.2, -0.15) is 0 Å². The number of aliphatic hydroxyl groups excluding tert-OH is 2. The Kier molecular flexibility index (Phi) is 13.5. The van der Waals surface area contributed by atoms with Gasteiger partial charge in [0.25, 0.3) is 0 Å². The molecule has 5 atom stereocenters. The lowest BCUT2D eigenvalue weighted by Crippen LogP contribution is -2.46. The average Bonchev–Trinajstić information content (AvgIpc) is 3.33. The molecule has 48 heavy (non-hydrogen) atoms. The van der Waals surface area contributed by atoms with Crippen LogP contribution in [0.5, 0.6) is 5.75 Å². The van der Waals surface area contributed by atoms with Crippen LogP contribution >= 0.6 is 7.82 Å². The largest absolute Gasteiger partial charge is 0.491 e. The van der Waals surface area contributed by atoms with Gasteiger partial charge in [-0.25, -0.2) is 9.36 Å². The second kappa shape index (κ2) is 17.1. The fourth-order valence-corrected chi connectivity index (χ4v) is 7.09. The molecule has 1 fully saturated rings. The average molecular weight is 691 g/mol. The van der Waals surface area contributed by atoms with Crippen molar-refractivity contribution in [1.29, 1.82) is 0 Å². The van der Waals surface area contributed by atoms with Gasteiger partial charge in [-0.3, -0.25) is 9.32 Å². The Morgan fingerprint density at radius 1 is 1.00 bits per heavy atom. The van der Waals surface area contributed by atoms with E-state index < -0.39 is 49.7 Å². The van der Waals surface area contributed by atoms with Crippen molar-refractivity contribution in [2.75, 3.05) is 13.2 Å². The maximum atomic E-state index is 13.4. The zero-order chi connectivity index (χ0) is 34.9. The molecule has 2 aliphatic rings. The van der Waals surface area contributed by atoms with Gasteiger partial charge in [0, 0.05) is 24.8 Å². The Balaban J connectivity index is 1.52. The molecule has 0 aliphatic heterocycles. The van der Waals surface area contributed by atoms with Crippen LogP contribution < -0.4 is 15.4 Å². The number of alkyl carbamates (subject to hydrolysis) is 1. The summed E-state index contributed by atoms with van der Waals surface area (Å²) in [4.78, 5) is 44.2. The van der Waals surface area contributed by atoms with Crippen LogP contribution in [0.3, 0.4) is 0 Å². The lowest BCUT2D eigenvalue weighted by molar-refractivity contribution is -0.123. The number of rotatable bonds is 15. The predicted octanol–water partition coefficient (Wildman–Crippen LogP) is 5.24. The topological polar surface area (TPSA) is 184 Å². The van der Waals surface area contributed by atoms with Gasteiger partial charge in [0.15, 0.2) is 0 Å². The predicted molar refractivity (Wildman–Crippen MR) is 179 cm³/mol. The van der Waals surface area contributed by atoms with Crippen LogP contribution in [0.2, 0.25) is 0 Å². The summed E-state index contributed by atoms with van der Waals surface area (Å²) in [5.74, 6) is -0.0620. The summed E-state index contributed by atoms with van der Waals surface area (Å²) >= 11 is 0. The first-order valence-corrected chi connectivity index (χ1v) is 18.4. The monoisotopic (exact) mass is 690 g/mol. The van der Waals surface area contributed by atoms with Gasteiger partial charge in [-0.15, -0.1) is 0 Å². The molecule has 0 bridgehead atoms. The molecule has 2 aromatic carbocycles. The minimum Gasteiger partial charge on any atom is -0.491 e. The van der Waals surface area contributed by atoms with E-state index in [2.05, 4.69) is 15.2 Å². The molecular weight excluding hydrogens is 639 g/mol. The van der Waals surface area contributed by atoms with Crippen LogP contribution in [0.1, 0.15) is 101 Å². The van der Waals surface area contributed by atoms with Crippen LogP contribution in [0.15, 0.2) is 48.5 Å². The van der Waals surface area contributed by atoms with E-state index in [9.17, 15) is 24.4 Å². The molecule has 266 valence electrons. The molecular formula is C35H51N2O10P. The number of hydrogen-bond donors (Lipinski definition) is 6. The van der Waals surface area contributed by atoms with Gasteiger partial charge in [-0.1, -0.05) is 68.5 Å². The summed E-state index contributed by atoms with van der Waals surface area (Å²) in [6, 6.07) is 13.3. The van der Waals surface area contributed by atoms with E-state index in [0.717, 1.165) is 36.8 Å². The van der Waals surface area contributed by atoms with Crippen molar-refractivity contribution in [1.82, 2.24) is 10.6 Å². The fourth-order valence-electron chi connectivity index (χ4n) is 6.78. The summed E-state index contributed by atoms with van der Waals surface area (Å²) in [6.45, 7) is 4.97. The van der Waals surface area contributed by atoms with E-state index in [-0.39, 0.29) is 32.0 Å². The first kappa shape index (κ1) is 37.8. The minimum atomic E-state index is -4.60. The van der Waals surface area contributed by atoms with Crippen molar-refractivity contribution in [2.45, 2.75) is 108 Å². The molecule has 12 nitrogen and oxygen atoms in total. The van der Waals surface area contributed by atoms with Crippen molar-refractivity contribution in [3.63, 3.8) is 0 Å². The van der Waals surface area contributed by atoms with E-state index >= 15 is 0 Å². The smallest absolute Gasteiger partial charge is 0.469 e. The van der Waals surface area contributed by atoms with E-state index in [1.165, 1.54) is 6.42 Å². The molecule has 1 saturated carbocycles. The van der Waals surface area contributed by atoms with E-state index in [0.29, 0.717) is 30.1 Å². The first-order chi connectivity index (χ1) is 22.7. The summed E-state index contributed by atoms with van der Waals surface area (Å²) < 4.78 is 26.5. The summed E-state index contributed by atoms with van der Waals surface area (Å²) in [5, 5.41) is 28.6. The van der Waals surface area contributed by atoms with Crippen LogP contribution in [0.25, 0.3) is 0 Å². The normalized spacial score (nSPS) is 20.3. The number of benzene rings is 2. The van der Waals surface area contributed by atoms with Gasteiger partial charge in [-0.05, 0) is 68.4 Å². The van der Waals surface area contributed by atoms with E-state index in [1.54, 1.807) is 45.0 Å². The van der Waals surface area contributed by atoms with Crippen LogP contribution in [0.4, 0.5) is 4.79 Å². The zero-order valence-corrected chi connectivity index (χ0v) is 28.9. The molecule has 0 heterocycles. The van der Waals surface area contributed by atoms with Gasteiger partial charge in [0.05, 0.1) is 24.9 Å². The SMILES string of the molecule is CC(C)(C)OC(=O)N[C@@H](CC1CCCCC1)[C@H](CCC(=O)N[C@H]1c2ccccc2C[C@H]1O)C(O)c1ccc(OCCOP(=O)(O)O)cc1. The number of ether oxygens (including phenoxy) is 2. The van der Waals surface area contributed by atoms with Crippen molar-refractivity contribution < 1.29 is 48.2 Å². The molecule has 2 aromatic rings. The molecule has 2 amide bonds. The molecule has 2 aliphatic carbocycles. The number of amides is 2. The second-order valence-corrected chi connectivity index (χ2v) is 15.1. The summed E-state index contributed by atoms with van der Waals surface area (Å²) in [6.07, 6.45) is 4.43. The standard InChI is InChI=1S/C35H51N2O10P/c1-35(2,3)47-34(41)36-29(21-23-9-5-4-6-10-23)28(17-18-31(39)37-32-27-12-8-7-11-25(27)22-30(32)38)33(40)24-13-15-26(16-14-24)45-19-20-46-48(42,43)44/h7-8,11-16,23,28-30,32-33,38,40H,4-6,9-10,17-22H2,1-3H3,(H,36,41)(H,37,39)(H2,42,43,44)/t28-,29-,30+,32-,33?/m0/s1. The number of aliphatic hydroxyl groups is 2. The van der Waals surface area contributed by atoms with Gasteiger partial charge in [0.2, 0.25) is 5.91 Å². The second-order valence-electron chi connectivity index (χ2n) is 13.9. The number of phosphoric ester groups is 1. The molecule has 0 aromatic heterocycles. The number of carbonyl (C=O) groups is 2. The van der Waals surface area contributed by atoms with Gasteiger partial charge in [0.1, 0.15) is 18.0 Å². The Morgan fingerprint density at radius 2 is 1.69 bits per heavy atom. The molecule has 6 N–H and O–H groups in total. The Hall–Kier alpha value is -2.99. The fraction of sp³-hybridized carbons (Fsp3) is 0.600. The van der Waals surface area contributed by atoms with E-state index in [4.69, 9.17) is 19.3 Å². The number of hydrogen-bond acceptors (Lipinski definition) is 8. The highest BCUT2D eigenvalue weighted by molar-refractivity contribution is 7.46. The van der Waals surface area contributed by atoms with Gasteiger partial charge >= 0.3 is 13.9 Å². The van der Waals surface area contributed by atoms with Gasteiger partial charge < -0.3 is 40.1 Å². The Morgan fingerprint density at radius 3 is 2.35 bits per heavy atom. The van der Waals surface area contributed by atoms with Crippen LogP contribution in [-0.4, -0.2) is 63.0 Å². The highest BCUT2D eigenvalue weighted by atomic mass is 31.2. The summed E-state index contributed by atoms with van der Waals surface area (Å²) in [7, 11) is -4.60. The number of phosphoric acid groups is 1. The Labute approximate surface area is 282 Å². The summed E-state index contributed by atoms with van der Waals surface area (Å²) in [5.41, 5.74) is 1.73. The maximum absolute atomic E-state index is 13.4. The first-order valence-electron chi connectivity index (χ1n) is 16.8. The third kappa shape index (κ3) is 11.9. The molecule has 0 spiro atoms.